The SMILES string of the molecule is CC(=O)OC[C@H]1O[C@H](S(=O)(=O)Cc2ccccc2)[C@@H](OC(C)=O)[C@@H](OC(C)=O)[C@@H]1OC(C)=O. The number of rotatable bonds is 8. The number of hydrogen-bond acceptors (Lipinski definition) is 11. The van der Waals surface area contributed by atoms with Gasteiger partial charge in [0, 0.05) is 27.7 Å². The molecule has 1 saturated heterocycles. The highest BCUT2D eigenvalue weighted by Crippen LogP contribution is 2.33. The van der Waals surface area contributed by atoms with Crippen molar-refractivity contribution in [1.29, 1.82) is 0 Å². The van der Waals surface area contributed by atoms with Crippen LogP contribution in [-0.2, 0) is 58.5 Å². The molecule has 0 aliphatic carbocycles. The van der Waals surface area contributed by atoms with Crippen LogP contribution in [0.3, 0.4) is 0 Å². The quantitative estimate of drug-likeness (QED) is 0.377. The highest BCUT2D eigenvalue weighted by atomic mass is 32.2. The van der Waals surface area contributed by atoms with Gasteiger partial charge in [-0.25, -0.2) is 8.42 Å². The lowest BCUT2D eigenvalue weighted by atomic mass is 9.99. The summed E-state index contributed by atoms with van der Waals surface area (Å²) >= 11 is 0. The van der Waals surface area contributed by atoms with Crippen molar-refractivity contribution in [2.24, 2.45) is 0 Å². The van der Waals surface area contributed by atoms with Gasteiger partial charge in [0.2, 0.25) is 0 Å². The third kappa shape index (κ3) is 7.53. The van der Waals surface area contributed by atoms with Crippen LogP contribution in [0, 0.1) is 0 Å². The van der Waals surface area contributed by atoms with Gasteiger partial charge in [0.15, 0.2) is 33.6 Å². The molecule has 182 valence electrons. The Kier molecular flexibility index (Phi) is 8.94. The monoisotopic (exact) mass is 486 g/mol. The minimum absolute atomic E-state index is 0.436. The van der Waals surface area contributed by atoms with Gasteiger partial charge in [0.25, 0.3) is 0 Å². The van der Waals surface area contributed by atoms with Gasteiger partial charge in [-0.2, -0.15) is 0 Å². The van der Waals surface area contributed by atoms with Gasteiger partial charge in [-0.1, -0.05) is 30.3 Å². The molecule has 1 aromatic rings. The summed E-state index contributed by atoms with van der Waals surface area (Å²) < 4.78 is 53.0. The molecule has 1 aliphatic heterocycles. The second-order valence-electron chi connectivity index (χ2n) is 7.36. The Morgan fingerprint density at radius 2 is 1.30 bits per heavy atom. The molecule has 0 bridgehead atoms. The molecule has 1 heterocycles. The summed E-state index contributed by atoms with van der Waals surface area (Å²) in [6, 6.07) is 8.19. The molecule has 0 saturated carbocycles. The second-order valence-corrected chi connectivity index (χ2v) is 9.44. The first-order chi connectivity index (χ1) is 15.4. The van der Waals surface area contributed by atoms with Gasteiger partial charge in [0.1, 0.15) is 12.7 Å². The van der Waals surface area contributed by atoms with Crippen molar-refractivity contribution < 1.29 is 51.3 Å². The van der Waals surface area contributed by atoms with E-state index in [4.69, 9.17) is 23.7 Å². The number of sulfone groups is 1. The molecule has 0 spiro atoms. The molecule has 1 aromatic carbocycles. The summed E-state index contributed by atoms with van der Waals surface area (Å²) in [4.78, 5) is 46.7. The average Bonchev–Trinajstić information content (AvgIpc) is 2.68. The fourth-order valence-electron chi connectivity index (χ4n) is 3.37. The first-order valence-electron chi connectivity index (χ1n) is 9.96. The van der Waals surface area contributed by atoms with Crippen molar-refractivity contribution in [2.45, 2.75) is 63.3 Å². The summed E-state index contributed by atoms with van der Waals surface area (Å²) in [5.41, 5.74) is -1.37. The zero-order chi connectivity index (χ0) is 24.8. The zero-order valence-corrected chi connectivity index (χ0v) is 19.4. The number of carbonyl (C=O) groups excluding carboxylic acids is 4. The van der Waals surface area contributed by atoms with Gasteiger partial charge < -0.3 is 23.7 Å². The Hall–Kier alpha value is -2.99. The maximum Gasteiger partial charge on any atom is 0.303 e. The van der Waals surface area contributed by atoms with E-state index in [0.29, 0.717) is 5.56 Å². The predicted molar refractivity (Wildman–Crippen MR) is 111 cm³/mol. The highest BCUT2D eigenvalue weighted by Gasteiger charge is 2.56. The predicted octanol–water partition coefficient (Wildman–Crippen LogP) is 0.684. The van der Waals surface area contributed by atoms with Crippen molar-refractivity contribution >= 4 is 33.7 Å². The summed E-state index contributed by atoms with van der Waals surface area (Å²) in [5, 5.41) is 0. The Morgan fingerprint density at radius 1 is 0.788 bits per heavy atom. The van der Waals surface area contributed by atoms with Gasteiger partial charge in [-0.3, -0.25) is 19.2 Å². The largest absolute Gasteiger partial charge is 0.463 e. The second kappa shape index (κ2) is 11.2. The number of esters is 4. The van der Waals surface area contributed by atoms with E-state index in [1.54, 1.807) is 30.3 Å². The van der Waals surface area contributed by atoms with Crippen LogP contribution in [0.1, 0.15) is 33.3 Å². The molecule has 11 nitrogen and oxygen atoms in total. The first kappa shape index (κ1) is 26.3. The van der Waals surface area contributed by atoms with Crippen LogP contribution in [0.4, 0.5) is 0 Å². The van der Waals surface area contributed by atoms with E-state index in [0.717, 1.165) is 27.7 Å². The molecular weight excluding hydrogens is 460 g/mol. The van der Waals surface area contributed by atoms with Gasteiger partial charge >= 0.3 is 23.9 Å². The van der Waals surface area contributed by atoms with Crippen LogP contribution in [0.15, 0.2) is 30.3 Å². The van der Waals surface area contributed by atoms with E-state index in [1.165, 1.54) is 0 Å². The van der Waals surface area contributed by atoms with E-state index in [1.807, 2.05) is 0 Å². The lowest BCUT2D eigenvalue weighted by Crippen LogP contribution is -2.64. The molecule has 0 N–H and O–H groups in total. The normalized spacial score (nSPS) is 24.9. The van der Waals surface area contributed by atoms with Crippen LogP contribution in [0.5, 0.6) is 0 Å². The maximum atomic E-state index is 13.3. The first-order valence-corrected chi connectivity index (χ1v) is 11.7. The van der Waals surface area contributed by atoms with Gasteiger partial charge in [-0.05, 0) is 5.56 Å². The minimum atomic E-state index is -4.19. The molecule has 0 amide bonds. The minimum Gasteiger partial charge on any atom is -0.463 e. The van der Waals surface area contributed by atoms with Gasteiger partial charge in [-0.15, -0.1) is 0 Å². The van der Waals surface area contributed by atoms with Gasteiger partial charge in [0.05, 0.1) is 5.75 Å². The third-order valence-corrected chi connectivity index (χ3v) is 6.34. The molecule has 5 atom stereocenters. The molecule has 1 fully saturated rings. The van der Waals surface area contributed by atoms with Crippen molar-refractivity contribution in [3.63, 3.8) is 0 Å². The van der Waals surface area contributed by atoms with Crippen LogP contribution in [0.2, 0.25) is 0 Å². The van der Waals surface area contributed by atoms with Crippen molar-refractivity contribution in [3.05, 3.63) is 35.9 Å². The summed E-state index contributed by atoms with van der Waals surface area (Å²) in [7, 11) is -4.19. The molecule has 0 radical (unpaired) electrons. The van der Waals surface area contributed by atoms with E-state index >= 15 is 0 Å². The van der Waals surface area contributed by atoms with Crippen LogP contribution >= 0.6 is 0 Å². The number of ether oxygens (including phenoxy) is 5. The van der Waals surface area contributed by atoms with E-state index in [-0.39, 0.29) is 0 Å². The van der Waals surface area contributed by atoms with E-state index in [2.05, 4.69) is 0 Å². The summed E-state index contributed by atoms with van der Waals surface area (Å²) in [6.07, 6.45) is -5.94. The lowest BCUT2D eigenvalue weighted by molar-refractivity contribution is -0.238. The molecule has 0 aromatic heterocycles. The van der Waals surface area contributed by atoms with Crippen molar-refractivity contribution in [2.75, 3.05) is 6.61 Å². The Labute approximate surface area is 191 Å². The van der Waals surface area contributed by atoms with Crippen LogP contribution < -0.4 is 0 Å². The molecule has 2 rings (SSSR count). The number of benzene rings is 1. The molecule has 33 heavy (non-hydrogen) atoms. The Morgan fingerprint density at radius 3 is 1.82 bits per heavy atom. The van der Waals surface area contributed by atoms with E-state index < -0.39 is 75.9 Å². The highest BCUT2D eigenvalue weighted by molar-refractivity contribution is 7.91. The number of hydrogen-bond donors (Lipinski definition) is 0. The van der Waals surface area contributed by atoms with E-state index in [9.17, 15) is 27.6 Å². The maximum absolute atomic E-state index is 13.3. The average molecular weight is 486 g/mol. The van der Waals surface area contributed by atoms with Crippen molar-refractivity contribution in [3.8, 4) is 0 Å². The topological polar surface area (TPSA) is 149 Å². The zero-order valence-electron chi connectivity index (χ0n) is 18.6. The third-order valence-electron chi connectivity index (χ3n) is 4.51. The Bertz CT molecular complexity index is 973. The standard InChI is InChI=1S/C21H26O11S/c1-12(22)28-10-17-18(29-13(2)23)19(30-14(3)24)20(31-15(4)25)21(32-17)33(26,27)11-16-8-6-5-7-9-16/h5-9,17-21H,10-11H2,1-4H3/t17-,18-,19+,20+,21-/m1/s1. The molecule has 12 heteroatoms. The van der Waals surface area contributed by atoms with Crippen LogP contribution in [-0.4, -0.2) is 68.8 Å². The fourth-order valence-corrected chi connectivity index (χ4v) is 5.12. The molecule has 0 unspecified atom stereocenters. The van der Waals surface area contributed by atoms with Crippen LogP contribution in [0.25, 0.3) is 0 Å². The molecular formula is C21H26O11S. The smallest absolute Gasteiger partial charge is 0.303 e. The fraction of sp³-hybridized carbons (Fsp3) is 0.524. The number of carbonyl (C=O) groups is 4. The van der Waals surface area contributed by atoms with Crippen molar-refractivity contribution in [1.82, 2.24) is 0 Å². The Balaban J connectivity index is 2.54. The summed E-state index contributed by atoms with van der Waals surface area (Å²) in [6.45, 7) is 3.79. The molecule has 1 aliphatic rings. The summed E-state index contributed by atoms with van der Waals surface area (Å²) in [5.74, 6) is -3.71. The lowest BCUT2D eigenvalue weighted by Gasteiger charge is -2.43.